The molecule has 96 valence electrons. The minimum atomic E-state index is 0.0568. The molecule has 0 unspecified atom stereocenters. The number of benzene rings is 1. The lowest BCUT2D eigenvalue weighted by Gasteiger charge is -2.15. The molecule has 0 bridgehead atoms. The van der Waals surface area contributed by atoms with Crippen molar-refractivity contribution in [3.8, 4) is 17.2 Å². The number of hydrogen-bond donors (Lipinski definition) is 2. The van der Waals surface area contributed by atoms with Crippen LogP contribution in [0.15, 0.2) is 6.07 Å². The largest absolute Gasteiger partial charge is 0.506 e. The molecule has 17 heavy (non-hydrogen) atoms. The molecular formula is C12H18ClNO3. The highest BCUT2D eigenvalue weighted by molar-refractivity contribution is 6.32. The molecule has 0 saturated heterocycles. The Kier molecular flexibility index (Phi) is 5.38. The van der Waals surface area contributed by atoms with Crippen molar-refractivity contribution in [3.63, 3.8) is 0 Å². The molecule has 0 aromatic heterocycles. The lowest BCUT2D eigenvalue weighted by molar-refractivity contribution is 0.346. The molecule has 1 aromatic rings. The van der Waals surface area contributed by atoms with Crippen molar-refractivity contribution in [1.82, 2.24) is 0 Å². The highest BCUT2D eigenvalue weighted by atomic mass is 35.5. The first-order valence-electron chi connectivity index (χ1n) is 5.48. The van der Waals surface area contributed by atoms with Gasteiger partial charge in [0.2, 0.25) is 0 Å². The Bertz CT molecular complexity index is 383. The molecule has 0 amide bonds. The second-order valence-corrected chi connectivity index (χ2v) is 4.07. The summed E-state index contributed by atoms with van der Waals surface area (Å²) in [6, 6.07) is 1.54. The molecule has 0 fully saturated rings. The van der Waals surface area contributed by atoms with Crippen LogP contribution in [-0.2, 0) is 6.42 Å². The van der Waals surface area contributed by atoms with Gasteiger partial charge >= 0.3 is 0 Å². The van der Waals surface area contributed by atoms with Gasteiger partial charge in [0.1, 0.15) is 5.75 Å². The van der Waals surface area contributed by atoms with Crippen LogP contribution in [-0.4, -0.2) is 25.9 Å². The van der Waals surface area contributed by atoms with Gasteiger partial charge in [0.25, 0.3) is 0 Å². The van der Waals surface area contributed by atoms with E-state index in [9.17, 15) is 5.11 Å². The fraction of sp³-hybridized carbons (Fsp3) is 0.500. The van der Waals surface area contributed by atoms with Crippen LogP contribution >= 0.6 is 11.6 Å². The normalized spacial score (nSPS) is 10.4. The SMILES string of the molecule is COc1cc(Cl)c(O)c(CCCCN)c1OC. The Labute approximate surface area is 106 Å². The fourth-order valence-electron chi connectivity index (χ4n) is 1.70. The van der Waals surface area contributed by atoms with Crippen LogP contribution in [0.25, 0.3) is 0 Å². The van der Waals surface area contributed by atoms with Gasteiger partial charge in [0, 0.05) is 11.6 Å². The standard InChI is InChI=1S/C12H18ClNO3/c1-16-10-7-9(13)11(15)8(12(10)17-2)5-3-4-6-14/h7,15H,3-6,14H2,1-2H3. The van der Waals surface area contributed by atoms with E-state index in [4.69, 9.17) is 26.8 Å². The quantitative estimate of drug-likeness (QED) is 0.770. The van der Waals surface area contributed by atoms with E-state index in [0.717, 1.165) is 12.8 Å². The van der Waals surface area contributed by atoms with Crippen molar-refractivity contribution < 1.29 is 14.6 Å². The first kappa shape index (κ1) is 13.9. The van der Waals surface area contributed by atoms with Gasteiger partial charge in [-0.2, -0.15) is 0 Å². The summed E-state index contributed by atoms with van der Waals surface area (Å²) in [4.78, 5) is 0. The van der Waals surface area contributed by atoms with E-state index in [-0.39, 0.29) is 10.8 Å². The number of unbranched alkanes of at least 4 members (excludes halogenated alkanes) is 1. The molecule has 5 heteroatoms. The third-order valence-electron chi connectivity index (χ3n) is 2.57. The minimum absolute atomic E-state index is 0.0568. The number of methoxy groups -OCH3 is 2. The highest BCUT2D eigenvalue weighted by Gasteiger charge is 2.17. The number of hydrogen-bond acceptors (Lipinski definition) is 4. The van der Waals surface area contributed by atoms with E-state index in [1.54, 1.807) is 6.07 Å². The summed E-state index contributed by atoms with van der Waals surface area (Å²) in [5, 5.41) is 10.2. The number of halogens is 1. The summed E-state index contributed by atoms with van der Waals surface area (Å²) in [6.45, 7) is 0.626. The van der Waals surface area contributed by atoms with Gasteiger partial charge in [-0.15, -0.1) is 0 Å². The lowest BCUT2D eigenvalue weighted by Crippen LogP contribution is -2.01. The van der Waals surface area contributed by atoms with Gasteiger partial charge in [-0.3, -0.25) is 0 Å². The van der Waals surface area contributed by atoms with Crippen molar-refractivity contribution in [2.24, 2.45) is 5.73 Å². The maximum absolute atomic E-state index is 9.93. The summed E-state index contributed by atoms with van der Waals surface area (Å²) in [5.74, 6) is 1.12. The second-order valence-electron chi connectivity index (χ2n) is 3.67. The predicted molar refractivity (Wildman–Crippen MR) is 68.2 cm³/mol. The van der Waals surface area contributed by atoms with Crippen LogP contribution in [0.2, 0.25) is 5.02 Å². The van der Waals surface area contributed by atoms with E-state index in [1.165, 1.54) is 14.2 Å². The monoisotopic (exact) mass is 259 g/mol. The summed E-state index contributed by atoms with van der Waals surface area (Å²) in [5.41, 5.74) is 6.11. The molecule has 0 spiro atoms. The molecule has 0 heterocycles. The topological polar surface area (TPSA) is 64.7 Å². The van der Waals surface area contributed by atoms with Crippen molar-refractivity contribution in [2.75, 3.05) is 20.8 Å². The van der Waals surface area contributed by atoms with Gasteiger partial charge in [-0.1, -0.05) is 11.6 Å². The van der Waals surface area contributed by atoms with Crippen LogP contribution in [0, 0.1) is 0 Å². The van der Waals surface area contributed by atoms with Crippen LogP contribution < -0.4 is 15.2 Å². The molecule has 1 rings (SSSR count). The molecule has 0 saturated carbocycles. The van der Waals surface area contributed by atoms with Crippen molar-refractivity contribution in [2.45, 2.75) is 19.3 Å². The molecule has 0 aliphatic carbocycles. The number of phenols is 1. The van der Waals surface area contributed by atoms with Crippen LogP contribution in [0.1, 0.15) is 18.4 Å². The molecule has 0 aliphatic heterocycles. The maximum Gasteiger partial charge on any atom is 0.167 e. The van der Waals surface area contributed by atoms with Gasteiger partial charge in [-0.05, 0) is 25.8 Å². The van der Waals surface area contributed by atoms with E-state index < -0.39 is 0 Å². The zero-order valence-corrected chi connectivity index (χ0v) is 10.9. The molecule has 3 N–H and O–H groups in total. The third kappa shape index (κ3) is 3.17. The van der Waals surface area contributed by atoms with E-state index >= 15 is 0 Å². The lowest BCUT2D eigenvalue weighted by atomic mass is 10.0. The fourth-order valence-corrected chi connectivity index (χ4v) is 1.92. The predicted octanol–water partition coefficient (Wildman–Crippen LogP) is 2.34. The number of aromatic hydroxyl groups is 1. The van der Waals surface area contributed by atoms with Crippen molar-refractivity contribution in [1.29, 1.82) is 0 Å². The van der Waals surface area contributed by atoms with Gasteiger partial charge in [-0.25, -0.2) is 0 Å². The summed E-state index contributed by atoms with van der Waals surface area (Å²) >= 11 is 5.93. The molecule has 1 aromatic carbocycles. The summed E-state index contributed by atoms with van der Waals surface area (Å²) in [7, 11) is 3.08. The van der Waals surface area contributed by atoms with Crippen LogP contribution in [0.3, 0.4) is 0 Å². The maximum atomic E-state index is 9.93. The number of rotatable bonds is 6. The smallest absolute Gasteiger partial charge is 0.167 e. The van der Waals surface area contributed by atoms with Crippen molar-refractivity contribution >= 4 is 11.6 Å². The van der Waals surface area contributed by atoms with Crippen molar-refractivity contribution in [3.05, 3.63) is 16.7 Å². The van der Waals surface area contributed by atoms with E-state index in [2.05, 4.69) is 0 Å². The Morgan fingerprint density at radius 3 is 2.53 bits per heavy atom. The molecule has 0 atom stereocenters. The summed E-state index contributed by atoms with van der Waals surface area (Å²) < 4.78 is 10.4. The first-order valence-corrected chi connectivity index (χ1v) is 5.85. The first-order chi connectivity index (χ1) is 8.15. The van der Waals surface area contributed by atoms with E-state index in [1.807, 2.05) is 0 Å². The Morgan fingerprint density at radius 2 is 2.00 bits per heavy atom. The Morgan fingerprint density at radius 1 is 1.29 bits per heavy atom. The number of phenolic OH excluding ortho intramolecular Hbond substituents is 1. The molecule has 4 nitrogen and oxygen atoms in total. The van der Waals surface area contributed by atoms with E-state index in [0.29, 0.717) is 30.0 Å². The molecular weight excluding hydrogens is 242 g/mol. The molecule has 0 aliphatic rings. The van der Waals surface area contributed by atoms with Crippen LogP contribution in [0.5, 0.6) is 17.2 Å². The van der Waals surface area contributed by atoms with Gasteiger partial charge in [0.15, 0.2) is 11.5 Å². The zero-order chi connectivity index (χ0) is 12.8. The van der Waals surface area contributed by atoms with Crippen LogP contribution in [0.4, 0.5) is 0 Å². The highest BCUT2D eigenvalue weighted by Crippen LogP contribution is 2.42. The summed E-state index contributed by atoms with van der Waals surface area (Å²) in [6.07, 6.45) is 2.41. The number of nitrogens with two attached hydrogens (primary N) is 1. The Hall–Kier alpha value is -1.13. The average Bonchev–Trinajstić information content (AvgIpc) is 2.34. The van der Waals surface area contributed by atoms with Gasteiger partial charge < -0.3 is 20.3 Å². The Balaban J connectivity index is 3.09. The zero-order valence-electron chi connectivity index (χ0n) is 10.1. The second kappa shape index (κ2) is 6.57. The molecule has 0 radical (unpaired) electrons. The average molecular weight is 260 g/mol. The minimum Gasteiger partial charge on any atom is -0.506 e. The third-order valence-corrected chi connectivity index (χ3v) is 2.86. The number of ether oxygens (including phenoxy) is 2. The van der Waals surface area contributed by atoms with Gasteiger partial charge in [0.05, 0.1) is 19.2 Å².